The number of benzene rings is 1. The lowest BCUT2D eigenvalue weighted by Gasteiger charge is -2.28. The Bertz CT molecular complexity index is 487. The highest BCUT2D eigenvalue weighted by Gasteiger charge is 2.24. The molecule has 1 aliphatic carbocycles. The highest BCUT2D eigenvalue weighted by molar-refractivity contribution is 5.76. The van der Waals surface area contributed by atoms with Crippen LogP contribution in [0.5, 0.6) is 5.75 Å². The number of aliphatic hydroxyl groups excluding tert-OH is 1. The number of carbonyl (C=O) groups excluding carboxylic acids is 1. The number of amides is 1. The molecule has 1 aliphatic rings. The number of hydrogen-bond donors (Lipinski definition) is 2. The third-order valence-electron chi connectivity index (χ3n) is 3.99. The minimum atomic E-state index is -0.400. The maximum atomic E-state index is 11.9. The summed E-state index contributed by atoms with van der Waals surface area (Å²) >= 11 is 0. The van der Waals surface area contributed by atoms with Gasteiger partial charge in [-0.15, -0.1) is 0 Å². The first-order chi connectivity index (χ1) is 10.1. The van der Waals surface area contributed by atoms with Crippen LogP contribution in [0.15, 0.2) is 18.2 Å². The lowest BCUT2D eigenvalue weighted by atomic mass is 9.92. The van der Waals surface area contributed by atoms with Crippen molar-refractivity contribution in [1.29, 1.82) is 0 Å². The molecule has 4 heteroatoms. The Morgan fingerprint density at radius 3 is 2.81 bits per heavy atom. The molecule has 0 spiro atoms. The van der Waals surface area contributed by atoms with Crippen LogP contribution in [-0.2, 0) is 4.79 Å². The van der Waals surface area contributed by atoms with Crippen LogP contribution in [0.1, 0.15) is 43.2 Å². The molecule has 1 amide bonds. The molecule has 116 valence electrons. The first-order valence-electron chi connectivity index (χ1n) is 7.74. The smallest absolute Gasteiger partial charge is 0.223 e. The van der Waals surface area contributed by atoms with Crippen LogP contribution in [0, 0.1) is 13.8 Å². The zero-order valence-electron chi connectivity index (χ0n) is 12.9. The Hall–Kier alpha value is -1.55. The molecule has 21 heavy (non-hydrogen) atoms. The molecule has 0 bridgehead atoms. The van der Waals surface area contributed by atoms with Crippen molar-refractivity contribution >= 4 is 5.91 Å². The number of aliphatic hydroxyl groups is 1. The molecule has 1 aromatic rings. The molecule has 4 nitrogen and oxygen atoms in total. The van der Waals surface area contributed by atoms with Gasteiger partial charge in [0.05, 0.1) is 25.2 Å². The second-order valence-corrected chi connectivity index (χ2v) is 5.89. The van der Waals surface area contributed by atoms with E-state index in [9.17, 15) is 9.90 Å². The normalized spacial score (nSPS) is 21.9. The molecule has 0 unspecified atom stereocenters. The average molecular weight is 291 g/mol. The molecule has 0 aliphatic heterocycles. The Morgan fingerprint density at radius 2 is 2.10 bits per heavy atom. The molecule has 1 aromatic carbocycles. The van der Waals surface area contributed by atoms with Gasteiger partial charge >= 0.3 is 0 Å². The summed E-state index contributed by atoms with van der Waals surface area (Å²) < 4.78 is 5.66. The predicted molar refractivity (Wildman–Crippen MR) is 82.4 cm³/mol. The van der Waals surface area contributed by atoms with Gasteiger partial charge in [0.25, 0.3) is 0 Å². The summed E-state index contributed by atoms with van der Waals surface area (Å²) in [6.07, 6.45) is 3.68. The van der Waals surface area contributed by atoms with Gasteiger partial charge in [-0.2, -0.15) is 0 Å². The quantitative estimate of drug-likeness (QED) is 0.876. The zero-order chi connectivity index (χ0) is 15.2. The van der Waals surface area contributed by atoms with E-state index < -0.39 is 6.10 Å². The second kappa shape index (κ2) is 7.46. The summed E-state index contributed by atoms with van der Waals surface area (Å²) in [5, 5.41) is 12.7. The zero-order valence-corrected chi connectivity index (χ0v) is 12.9. The first-order valence-corrected chi connectivity index (χ1v) is 7.74. The molecule has 1 fully saturated rings. The minimum Gasteiger partial charge on any atom is -0.493 e. The predicted octanol–water partition coefficient (Wildman–Crippen LogP) is 2.49. The van der Waals surface area contributed by atoms with E-state index in [0.717, 1.165) is 37.0 Å². The van der Waals surface area contributed by atoms with Crippen LogP contribution >= 0.6 is 0 Å². The third-order valence-corrected chi connectivity index (χ3v) is 3.99. The van der Waals surface area contributed by atoms with Crippen molar-refractivity contribution in [1.82, 2.24) is 5.32 Å². The van der Waals surface area contributed by atoms with E-state index in [0.29, 0.717) is 13.0 Å². The van der Waals surface area contributed by atoms with Crippen molar-refractivity contribution in [3.8, 4) is 5.75 Å². The first kappa shape index (κ1) is 15.8. The van der Waals surface area contributed by atoms with Gasteiger partial charge < -0.3 is 15.2 Å². The molecular weight excluding hydrogens is 266 g/mol. The Labute approximate surface area is 126 Å². The molecule has 0 heterocycles. The van der Waals surface area contributed by atoms with Crippen molar-refractivity contribution in [2.45, 2.75) is 58.1 Å². The highest BCUT2D eigenvalue weighted by Crippen LogP contribution is 2.20. The van der Waals surface area contributed by atoms with Crippen molar-refractivity contribution < 1.29 is 14.6 Å². The summed E-state index contributed by atoms with van der Waals surface area (Å²) in [7, 11) is 0. The van der Waals surface area contributed by atoms with E-state index in [4.69, 9.17) is 4.74 Å². The number of rotatable bonds is 5. The molecule has 1 saturated carbocycles. The lowest BCUT2D eigenvalue weighted by molar-refractivity contribution is -0.123. The fourth-order valence-corrected chi connectivity index (χ4v) is 2.77. The fourth-order valence-electron chi connectivity index (χ4n) is 2.77. The Morgan fingerprint density at radius 1 is 1.33 bits per heavy atom. The van der Waals surface area contributed by atoms with Gasteiger partial charge in [-0.05, 0) is 38.3 Å². The largest absolute Gasteiger partial charge is 0.493 e. The van der Waals surface area contributed by atoms with Crippen LogP contribution in [0.2, 0.25) is 0 Å². The van der Waals surface area contributed by atoms with E-state index in [-0.39, 0.29) is 11.9 Å². The van der Waals surface area contributed by atoms with E-state index >= 15 is 0 Å². The highest BCUT2D eigenvalue weighted by atomic mass is 16.5. The summed E-state index contributed by atoms with van der Waals surface area (Å²) in [5.74, 6) is 0.775. The lowest BCUT2D eigenvalue weighted by Crippen LogP contribution is -2.45. The van der Waals surface area contributed by atoms with Gasteiger partial charge in [-0.1, -0.05) is 30.5 Å². The molecule has 0 saturated heterocycles. The third kappa shape index (κ3) is 4.74. The van der Waals surface area contributed by atoms with Crippen molar-refractivity contribution in [2.24, 2.45) is 0 Å². The number of ether oxygens (including phenoxy) is 1. The molecule has 2 N–H and O–H groups in total. The summed E-state index contributed by atoms with van der Waals surface area (Å²) in [6, 6.07) is 5.91. The van der Waals surface area contributed by atoms with Crippen molar-refractivity contribution in [3.63, 3.8) is 0 Å². The van der Waals surface area contributed by atoms with Crippen molar-refractivity contribution in [2.75, 3.05) is 6.61 Å². The van der Waals surface area contributed by atoms with Crippen LogP contribution in [0.4, 0.5) is 0 Å². The number of hydrogen-bond acceptors (Lipinski definition) is 3. The average Bonchev–Trinajstić information content (AvgIpc) is 2.44. The molecule has 2 rings (SSSR count). The summed E-state index contributed by atoms with van der Waals surface area (Å²) in [5.41, 5.74) is 2.28. The summed E-state index contributed by atoms with van der Waals surface area (Å²) in [4.78, 5) is 11.9. The van der Waals surface area contributed by atoms with E-state index in [2.05, 4.69) is 11.4 Å². The van der Waals surface area contributed by atoms with Gasteiger partial charge in [0.1, 0.15) is 5.75 Å². The fraction of sp³-hybridized carbons (Fsp3) is 0.588. The molecule has 0 aromatic heterocycles. The van der Waals surface area contributed by atoms with Crippen molar-refractivity contribution in [3.05, 3.63) is 29.3 Å². The monoisotopic (exact) mass is 291 g/mol. The van der Waals surface area contributed by atoms with Gasteiger partial charge in [-0.25, -0.2) is 0 Å². The standard InChI is InChI=1S/C17H25NO3/c1-12-7-8-16(13(2)11-12)21-10-9-17(20)18-14-5-3-4-6-15(14)19/h7-8,11,14-15,19H,3-6,9-10H2,1-2H3,(H,18,20)/t14-,15-/m0/s1. The Kier molecular flexibility index (Phi) is 5.62. The van der Waals surface area contributed by atoms with E-state index in [1.165, 1.54) is 5.56 Å². The Balaban J connectivity index is 1.73. The summed E-state index contributed by atoms with van der Waals surface area (Å²) in [6.45, 7) is 4.40. The van der Waals surface area contributed by atoms with Crippen LogP contribution in [0.3, 0.4) is 0 Å². The van der Waals surface area contributed by atoms with Gasteiger partial charge in [0.15, 0.2) is 0 Å². The van der Waals surface area contributed by atoms with Crippen LogP contribution < -0.4 is 10.1 Å². The number of aryl methyl sites for hydroxylation is 2. The van der Waals surface area contributed by atoms with E-state index in [1.807, 2.05) is 26.0 Å². The SMILES string of the molecule is Cc1ccc(OCCC(=O)N[C@H]2CCCC[C@@H]2O)c(C)c1. The molecule has 2 atom stereocenters. The van der Waals surface area contributed by atoms with Crippen LogP contribution in [0.25, 0.3) is 0 Å². The topological polar surface area (TPSA) is 58.6 Å². The maximum Gasteiger partial charge on any atom is 0.223 e. The van der Waals surface area contributed by atoms with Crippen LogP contribution in [-0.4, -0.2) is 29.8 Å². The van der Waals surface area contributed by atoms with Gasteiger partial charge in [0.2, 0.25) is 5.91 Å². The minimum absolute atomic E-state index is 0.0503. The molecular formula is C17H25NO3. The van der Waals surface area contributed by atoms with Gasteiger partial charge in [0, 0.05) is 0 Å². The van der Waals surface area contributed by atoms with Gasteiger partial charge in [-0.3, -0.25) is 4.79 Å². The maximum absolute atomic E-state index is 11.9. The molecule has 0 radical (unpaired) electrons. The number of carbonyl (C=O) groups is 1. The number of nitrogens with one attached hydrogen (secondary N) is 1. The second-order valence-electron chi connectivity index (χ2n) is 5.89. The van der Waals surface area contributed by atoms with E-state index in [1.54, 1.807) is 0 Å².